The maximum absolute atomic E-state index is 5.39. The largest absolute Gasteiger partial charge is 0.379 e. The molecule has 0 aliphatic carbocycles. The second-order valence-electron chi connectivity index (χ2n) is 4.88. The topological polar surface area (TPSA) is 47.3 Å². The smallest absolute Gasteiger partial charge is 0.133 e. The minimum Gasteiger partial charge on any atom is -0.379 e. The third kappa shape index (κ3) is 4.33. The first-order valence-corrected chi connectivity index (χ1v) is 5.63. The van der Waals surface area contributed by atoms with Gasteiger partial charge in [0.2, 0.25) is 0 Å². The predicted molar refractivity (Wildman–Crippen MR) is 63.2 cm³/mol. The number of nitrogens with zero attached hydrogens (tertiary/aromatic N) is 1. The van der Waals surface area contributed by atoms with Crippen molar-refractivity contribution >= 4 is 0 Å². The Hall–Kier alpha value is -0.870. The van der Waals surface area contributed by atoms with Crippen LogP contribution in [0.5, 0.6) is 0 Å². The van der Waals surface area contributed by atoms with Gasteiger partial charge in [-0.15, -0.1) is 0 Å². The van der Waals surface area contributed by atoms with E-state index in [-0.39, 0.29) is 5.60 Å². The molecule has 0 fully saturated rings. The minimum absolute atomic E-state index is 0.0911. The Morgan fingerprint density at radius 1 is 1.56 bits per heavy atom. The first-order chi connectivity index (χ1) is 7.43. The number of aryl methyl sites for hydroxylation is 1. The summed E-state index contributed by atoms with van der Waals surface area (Å²) < 4.78 is 10.4. The molecule has 0 saturated heterocycles. The van der Waals surface area contributed by atoms with Gasteiger partial charge in [-0.3, -0.25) is 0 Å². The van der Waals surface area contributed by atoms with Crippen LogP contribution >= 0.6 is 0 Å². The van der Waals surface area contributed by atoms with Crippen molar-refractivity contribution in [1.82, 2.24) is 10.5 Å². The second-order valence-corrected chi connectivity index (χ2v) is 4.88. The molecule has 1 rings (SSSR count). The summed E-state index contributed by atoms with van der Waals surface area (Å²) in [4.78, 5) is 0. The third-order valence-electron chi connectivity index (χ3n) is 2.66. The summed E-state index contributed by atoms with van der Waals surface area (Å²) in [5.41, 5.74) is 0.853. The zero-order valence-corrected chi connectivity index (χ0v) is 10.8. The molecule has 0 amide bonds. The molecule has 0 bridgehead atoms. The first-order valence-electron chi connectivity index (χ1n) is 5.63. The van der Waals surface area contributed by atoms with Crippen molar-refractivity contribution in [3.63, 3.8) is 0 Å². The lowest BCUT2D eigenvalue weighted by molar-refractivity contribution is 0.00841. The van der Waals surface area contributed by atoms with Gasteiger partial charge in [-0.25, -0.2) is 0 Å². The Bertz CT molecular complexity index is 321. The molecule has 1 unspecified atom stereocenters. The van der Waals surface area contributed by atoms with Crippen LogP contribution in [0.4, 0.5) is 0 Å². The summed E-state index contributed by atoms with van der Waals surface area (Å²) in [6, 6.07) is 2.33. The van der Waals surface area contributed by atoms with E-state index >= 15 is 0 Å². The summed E-state index contributed by atoms with van der Waals surface area (Å²) >= 11 is 0. The fraction of sp³-hybridized carbons (Fsp3) is 0.750. The molecule has 0 radical (unpaired) electrons. The van der Waals surface area contributed by atoms with Crippen LogP contribution in [0.25, 0.3) is 0 Å². The predicted octanol–water partition coefficient (Wildman–Crippen LogP) is 2.28. The molecule has 0 aromatic carbocycles. The van der Waals surface area contributed by atoms with Gasteiger partial charge in [-0.05, 0) is 34.1 Å². The average Bonchev–Trinajstić information content (AvgIpc) is 2.61. The minimum atomic E-state index is -0.0911. The fourth-order valence-electron chi connectivity index (χ4n) is 1.67. The van der Waals surface area contributed by atoms with Crippen molar-refractivity contribution in [3.05, 3.63) is 17.5 Å². The van der Waals surface area contributed by atoms with Gasteiger partial charge in [-0.1, -0.05) is 5.16 Å². The molecular weight excluding hydrogens is 204 g/mol. The van der Waals surface area contributed by atoms with Crippen molar-refractivity contribution < 1.29 is 9.26 Å². The van der Waals surface area contributed by atoms with Gasteiger partial charge < -0.3 is 14.6 Å². The second kappa shape index (κ2) is 5.46. The zero-order chi connectivity index (χ0) is 12.2. The normalized spacial score (nSPS) is 14.1. The molecule has 92 valence electrons. The number of hydrogen-bond acceptors (Lipinski definition) is 4. The quantitative estimate of drug-likeness (QED) is 0.808. The van der Waals surface area contributed by atoms with E-state index in [9.17, 15) is 0 Å². The van der Waals surface area contributed by atoms with Crippen molar-refractivity contribution in [1.29, 1.82) is 0 Å². The molecule has 1 heterocycles. The molecule has 0 aliphatic rings. The molecule has 4 heteroatoms. The number of methoxy groups -OCH3 is 1. The highest BCUT2D eigenvalue weighted by molar-refractivity contribution is 5.03. The van der Waals surface area contributed by atoms with Gasteiger partial charge in [0.25, 0.3) is 0 Å². The van der Waals surface area contributed by atoms with Crippen LogP contribution < -0.4 is 5.32 Å². The number of hydrogen-bond donors (Lipinski definition) is 1. The van der Waals surface area contributed by atoms with Crippen LogP contribution in [0.1, 0.15) is 38.6 Å². The molecule has 0 aliphatic heterocycles. The molecular formula is C12H22N2O2. The molecule has 1 N–H and O–H groups in total. The molecule has 0 spiro atoms. The summed E-state index contributed by atoms with van der Waals surface area (Å²) in [6.07, 6.45) is 0.959. The molecule has 4 nitrogen and oxygen atoms in total. The molecule has 1 atom stereocenters. The summed E-state index contributed by atoms with van der Waals surface area (Å²) in [7, 11) is 1.74. The van der Waals surface area contributed by atoms with Crippen molar-refractivity contribution in [2.45, 2.75) is 52.3 Å². The summed E-state index contributed by atoms with van der Waals surface area (Å²) in [6.45, 7) is 8.96. The first kappa shape index (κ1) is 13.2. The van der Waals surface area contributed by atoms with Gasteiger partial charge in [0.1, 0.15) is 5.76 Å². The van der Waals surface area contributed by atoms with E-state index in [4.69, 9.17) is 9.26 Å². The van der Waals surface area contributed by atoms with E-state index in [2.05, 4.69) is 31.2 Å². The van der Waals surface area contributed by atoms with E-state index in [1.54, 1.807) is 7.11 Å². The van der Waals surface area contributed by atoms with E-state index in [1.807, 2.05) is 13.0 Å². The van der Waals surface area contributed by atoms with Crippen LogP contribution in [0.15, 0.2) is 10.6 Å². The van der Waals surface area contributed by atoms with E-state index < -0.39 is 0 Å². The molecule has 16 heavy (non-hydrogen) atoms. The van der Waals surface area contributed by atoms with E-state index in [0.29, 0.717) is 6.04 Å². The van der Waals surface area contributed by atoms with Gasteiger partial charge in [-0.2, -0.15) is 0 Å². The zero-order valence-electron chi connectivity index (χ0n) is 10.8. The average molecular weight is 226 g/mol. The number of nitrogens with one attached hydrogen (secondary N) is 1. The van der Waals surface area contributed by atoms with Crippen molar-refractivity contribution in [3.8, 4) is 0 Å². The summed E-state index contributed by atoms with van der Waals surface area (Å²) in [5.74, 6) is 0.849. The van der Waals surface area contributed by atoms with Crippen LogP contribution in [-0.4, -0.2) is 23.9 Å². The monoisotopic (exact) mass is 226 g/mol. The Morgan fingerprint density at radius 2 is 2.25 bits per heavy atom. The van der Waals surface area contributed by atoms with Gasteiger partial charge >= 0.3 is 0 Å². The molecule has 1 aromatic rings. The maximum Gasteiger partial charge on any atom is 0.133 e. The number of aromatic nitrogens is 1. The fourth-order valence-corrected chi connectivity index (χ4v) is 1.67. The molecule has 0 saturated carbocycles. The molecule has 1 aromatic heterocycles. The van der Waals surface area contributed by atoms with E-state index in [1.165, 1.54) is 0 Å². The number of ether oxygens (including phenoxy) is 1. The SMILES string of the molecule is COC(C)(C)CC(C)NCc1cc(C)on1. The maximum atomic E-state index is 5.39. The highest BCUT2D eigenvalue weighted by Gasteiger charge is 2.19. The van der Waals surface area contributed by atoms with Crippen LogP contribution in [-0.2, 0) is 11.3 Å². The summed E-state index contributed by atoms with van der Waals surface area (Å²) in [5, 5.41) is 7.34. The van der Waals surface area contributed by atoms with E-state index in [0.717, 1.165) is 24.4 Å². The van der Waals surface area contributed by atoms with Crippen LogP contribution in [0.2, 0.25) is 0 Å². The lowest BCUT2D eigenvalue weighted by Gasteiger charge is -2.26. The number of rotatable bonds is 6. The van der Waals surface area contributed by atoms with Gasteiger partial charge in [0.05, 0.1) is 11.3 Å². The standard InChI is InChI=1S/C12H22N2O2/c1-9(7-12(3,4)15-5)13-8-11-6-10(2)16-14-11/h6,9,13H,7-8H2,1-5H3. The lowest BCUT2D eigenvalue weighted by Crippen LogP contribution is -2.35. The van der Waals surface area contributed by atoms with Crippen LogP contribution in [0.3, 0.4) is 0 Å². The van der Waals surface area contributed by atoms with Gasteiger partial charge in [0, 0.05) is 25.8 Å². The van der Waals surface area contributed by atoms with Crippen LogP contribution in [0, 0.1) is 6.92 Å². The lowest BCUT2D eigenvalue weighted by atomic mass is 10.00. The van der Waals surface area contributed by atoms with Crippen molar-refractivity contribution in [2.75, 3.05) is 7.11 Å². The Balaban J connectivity index is 2.33. The Labute approximate surface area is 97.3 Å². The highest BCUT2D eigenvalue weighted by Crippen LogP contribution is 2.15. The highest BCUT2D eigenvalue weighted by atomic mass is 16.5. The Kier molecular flexibility index (Phi) is 4.50. The third-order valence-corrected chi connectivity index (χ3v) is 2.66. The van der Waals surface area contributed by atoms with Gasteiger partial charge in [0.15, 0.2) is 0 Å². The Morgan fingerprint density at radius 3 is 2.75 bits per heavy atom. The van der Waals surface area contributed by atoms with Crippen molar-refractivity contribution in [2.24, 2.45) is 0 Å².